The molecule has 0 N–H and O–H groups in total. The molecule has 0 saturated heterocycles. The summed E-state index contributed by atoms with van der Waals surface area (Å²) in [6.45, 7) is 9.48. The Morgan fingerprint density at radius 2 is 0.765 bits per heavy atom. The molecule has 8 aromatic rings. The molecule has 4 heteroatoms. The van der Waals surface area contributed by atoms with Crippen molar-refractivity contribution in [2.45, 2.75) is 155 Å². The molecule has 356 valence electrons. The minimum Gasteiger partial charge on any atom is -1.00 e. The molecule has 0 radical (unpaired) electrons. The molecule has 0 unspecified atom stereocenters. The number of halogens is 2. The Bertz CT molecular complexity index is 2610. The molecule has 0 aromatic heterocycles. The van der Waals surface area contributed by atoms with Crippen LogP contribution in [-0.4, -0.2) is 5.43 Å². The van der Waals surface area contributed by atoms with Gasteiger partial charge in [0.25, 0.3) is 0 Å². The van der Waals surface area contributed by atoms with Crippen LogP contribution in [0.4, 0.5) is 0 Å². The van der Waals surface area contributed by atoms with Gasteiger partial charge in [-0.15, -0.1) is 69.1 Å². The Kier molecular flexibility index (Phi) is 20.9. The third kappa shape index (κ3) is 14.0. The van der Waals surface area contributed by atoms with E-state index < -0.39 is 0 Å². The van der Waals surface area contributed by atoms with Crippen molar-refractivity contribution in [3.8, 4) is 22.3 Å². The third-order valence-corrected chi connectivity index (χ3v) is 15.7. The number of rotatable bonds is 8. The van der Waals surface area contributed by atoms with Crippen molar-refractivity contribution in [1.29, 1.82) is 0 Å². The smallest absolute Gasteiger partial charge is 1.00 e. The topological polar surface area (TPSA) is 0 Å². The molecule has 8 aromatic carbocycles. The van der Waals surface area contributed by atoms with Gasteiger partial charge in [-0.3, -0.25) is 0 Å². The molecule has 0 spiro atoms. The van der Waals surface area contributed by atoms with Gasteiger partial charge in [-0.2, -0.15) is 12.1 Å². The van der Waals surface area contributed by atoms with Crippen LogP contribution in [0.1, 0.15) is 141 Å². The maximum absolute atomic E-state index is 2.50. The average Bonchev–Trinajstić information content (AvgIpc) is 4.00. The van der Waals surface area contributed by atoms with E-state index in [9.17, 15) is 0 Å². The van der Waals surface area contributed by atoms with Crippen LogP contribution in [0.25, 0.3) is 65.3 Å². The molecule has 0 amide bonds. The first-order valence-corrected chi connectivity index (χ1v) is 32.3. The van der Waals surface area contributed by atoms with Crippen LogP contribution >= 0.6 is 0 Å². The van der Waals surface area contributed by atoms with Gasteiger partial charge in [0.15, 0.2) is 0 Å². The number of benzene rings is 6. The van der Waals surface area contributed by atoms with E-state index in [2.05, 4.69) is 173 Å². The Morgan fingerprint density at radius 3 is 1.12 bits per heavy atom. The van der Waals surface area contributed by atoms with E-state index in [1.807, 2.05) is 0 Å². The van der Waals surface area contributed by atoms with Gasteiger partial charge in [0.05, 0.1) is 0 Å². The Labute approximate surface area is 438 Å². The minimum absolute atomic E-state index is 0. The molecule has 2 fully saturated rings. The van der Waals surface area contributed by atoms with Gasteiger partial charge in [0, 0.05) is 0 Å². The van der Waals surface area contributed by atoms with E-state index in [1.54, 1.807) is 34.5 Å². The SMILES string of the molecule is CCC1(Cc2cc3c(-c4ccc5ccccc5c4)cccc3[cH-]2)CCCCCCCC1.CCC1(Cc2cc3c(-c4ccc5ccccc5c4)cccc3[cH-]2)CCCCCCCC1.C[Si](C)=[Zr+2].[Cl-].[Cl-]. The van der Waals surface area contributed by atoms with Gasteiger partial charge in [-0.05, 0) is 94.2 Å². The average molecular weight is 1040 g/mol. The van der Waals surface area contributed by atoms with Crippen molar-refractivity contribution < 1.29 is 48.1 Å². The van der Waals surface area contributed by atoms with Crippen molar-refractivity contribution >= 4 is 48.5 Å². The Hall–Kier alpha value is -3.26. The van der Waals surface area contributed by atoms with Crippen LogP contribution in [0.15, 0.2) is 146 Å². The van der Waals surface area contributed by atoms with Crippen LogP contribution in [0.2, 0.25) is 13.1 Å². The predicted octanol–water partition coefficient (Wildman–Crippen LogP) is 13.7. The molecular weight excluding hydrogens is 959 g/mol. The van der Waals surface area contributed by atoms with Crippen molar-refractivity contribution in [1.82, 2.24) is 0 Å². The number of fused-ring (bicyclic) bond motifs is 4. The third-order valence-electron chi connectivity index (χ3n) is 15.7. The Morgan fingerprint density at radius 1 is 0.426 bits per heavy atom. The normalized spacial score (nSPS) is 16.2. The van der Waals surface area contributed by atoms with Crippen LogP contribution in [0.5, 0.6) is 0 Å². The van der Waals surface area contributed by atoms with Crippen molar-refractivity contribution in [2.24, 2.45) is 10.8 Å². The molecule has 2 saturated carbocycles. The van der Waals surface area contributed by atoms with Gasteiger partial charge in [0.1, 0.15) is 0 Å². The molecule has 0 atom stereocenters. The zero-order chi connectivity index (χ0) is 45.8. The number of hydrogen-bond acceptors (Lipinski definition) is 0. The summed E-state index contributed by atoms with van der Waals surface area (Å²) in [5, 5.41) is 10.9. The van der Waals surface area contributed by atoms with Crippen LogP contribution in [-0.2, 0) is 36.2 Å². The second-order valence-electron chi connectivity index (χ2n) is 20.8. The van der Waals surface area contributed by atoms with Gasteiger partial charge in [0.2, 0.25) is 0 Å². The summed E-state index contributed by atoms with van der Waals surface area (Å²) in [4.78, 5) is 0. The first-order valence-electron chi connectivity index (χ1n) is 26.1. The van der Waals surface area contributed by atoms with E-state index in [4.69, 9.17) is 0 Å². The second kappa shape index (κ2) is 26.3. The summed E-state index contributed by atoms with van der Waals surface area (Å²) in [6.07, 6.45) is 27.9. The predicted molar refractivity (Wildman–Crippen MR) is 289 cm³/mol. The molecule has 0 heterocycles. The van der Waals surface area contributed by atoms with E-state index >= 15 is 0 Å². The van der Waals surface area contributed by atoms with E-state index in [1.165, 1.54) is 194 Å². The molecule has 2 aliphatic rings. The largest absolute Gasteiger partial charge is 1.00 e. The molecule has 10 rings (SSSR count). The van der Waals surface area contributed by atoms with Gasteiger partial charge >= 0.3 is 41.9 Å². The summed E-state index contributed by atoms with van der Waals surface area (Å²) in [5.74, 6) is 0. The van der Waals surface area contributed by atoms with Gasteiger partial charge < -0.3 is 24.8 Å². The minimum atomic E-state index is 0. The quantitative estimate of drug-likeness (QED) is 0.105. The van der Waals surface area contributed by atoms with Crippen molar-refractivity contribution in [2.75, 3.05) is 0 Å². The molecule has 0 nitrogen and oxygen atoms in total. The van der Waals surface area contributed by atoms with Crippen LogP contribution in [0.3, 0.4) is 0 Å². The first-order chi connectivity index (χ1) is 32.3. The van der Waals surface area contributed by atoms with E-state index in [0.717, 1.165) is 0 Å². The fourth-order valence-corrected chi connectivity index (χ4v) is 11.9. The van der Waals surface area contributed by atoms with Crippen molar-refractivity contribution in [3.05, 3.63) is 157 Å². The molecule has 2 aliphatic carbocycles. The molecule has 0 aliphatic heterocycles. The van der Waals surface area contributed by atoms with Gasteiger partial charge in [-0.1, -0.05) is 200 Å². The Balaban J connectivity index is 0.000000202. The zero-order valence-electron chi connectivity index (χ0n) is 41.8. The summed E-state index contributed by atoms with van der Waals surface area (Å²) in [6, 6.07) is 54.7. The number of hydrogen-bond donors (Lipinski definition) is 0. The molecule has 0 bridgehead atoms. The maximum Gasteiger partial charge on any atom is -1.00 e. The summed E-state index contributed by atoms with van der Waals surface area (Å²) >= 11 is 1.74. The monoisotopic (exact) mass is 1030 g/mol. The van der Waals surface area contributed by atoms with E-state index in [0.29, 0.717) is 10.8 Å². The van der Waals surface area contributed by atoms with Crippen molar-refractivity contribution in [3.63, 3.8) is 0 Å². The fourth-order valence-electron chi connectivity index (χ4n) is 11.9. The first kappa shape index (κ1) is 54.1. The summed E-state index contributed by atoms with van der Waals surface area (Å²) in [7, 11) is 0. The van der Waals surface area contributed by atoms with Crippen LogP contribution < -0.4 is 24.8 Å². The standard InChI is InChI=1S/2C31H35.C2H6Si.2ClH.Zr/c2*1-2-31(18-9-5-3-4-6-10-19-31)23-24-20-27-14-11-15-29(30(27)21-24)28-17-16-25-12-7-8-13-26(25)22-28;1-3-2;;;/h2*7-8,11-17,20-22H,2-6,9-10,18-19,23H2,1H3;1-2H3;2*1H;/q2*-1;;;;+2/p-2. The zero-order valence-corrected chi connectivity index (χ0v) is 46.7. The van der Waals surface area contributed by atoms with Crippen LogP contribution in [0, 0.1) is 10.8 Å². The molecular formula is C64H76Cl2SiZr-2. The maximum atomic E-state index is 2.50. The fraction of sp³-hybridized carbons (Fsp3) is 0.406. The second-order valence-corrected chi connectivity index (χ2v) is 30.1. The van der Waals surface area contributed by atoms with E-state index in [-0.39, 0.29) is 30.2 Å². The summed E-state index contributed by atoms with van der Waals surface area (Å²) in [5.41, 5.74) is 9.69. The summed E-state index contributed by atoms with van der Waals surface area (Å²) < 4.78 is 0. The molecule has 68 heavy (non-hydrogen) atoms. The van der Waals surface area contributed by atoms with Gasteiger partial charge in [-0.25, -0.2) is 0 Å².